The number of hydrogen-bond acceptors (Lipinski definition) is 3. The lowest BCUT2D eigenvalue weighted by Crippen LogP contribution is -2.03. The van der Waals surface area contributed by atoms with E-state index in [9.17, 15) is 9.59 Å². The summed E-state index contributed by atoms with van der Waals surface area (Å²) in [5, 5.41) is 9.10. The largest absolute Gasteiger partial charge is 0.493 e. The fraction of sp³-hybridized carbons (Fsp3) is 0.407. The van der Waals surface area contributed by atoms with Crippen molar-refractivity contribution in [1.82, 2.24) is 0 Å². The Balaban J connectivity index is 2.08. The van der Waals surface area contributed by atoms with E-state index in [1.807, 2.05) is 30.3 Å². The van der Waals surface area contributed by atoms with E-state index in [4.69, 9.17) is 9.84 Å². The summed E-state index contributed by atoms with van der Waals surface area (Å²) >= 11 is 0. The summed E-state index contributed by atoms with van der Waals surface area (Å²) < 4.78 is 5.99. The van der Waals surface area contributed by atoms with Crippen LogP contribution in [0.25, 0.3) is 6.08 Å². The lowest BCUT2D eigenvalue weighted by Gasteiger charge is -2.14. The summed E-state index contributed by atoms with van der Waals surface area (Å²) in [5.74, 6) is 0.295. The van der Waals surface area contributed by atoms with Crippen LogP contribution >= 0.6 is 0 Å². The highest BCUT2D eigenvalue weighted by Crippen LogP contribution is 2.24. The molecule has 1 unspecified atom stereocenters. The van der Waals surface area contributed by atoms with Crippen LogP contribution in [0.4, 0.5) is 0 Å². The molecule has 31 heavy (non-hydrogen) atoms. The summed E-state index contributed by atoms with van der Waals surface area (Å²) in [7, 11) is 0. The van der Waals surface area contributed by atoms with E-state index in [0.29, 0.717) is 17.9 Å². The van der Waals surface area contributed by atoms with Crippen LogP contribution in [-0.4, -0.2) is 24.0 Å². The number of benzene rings is 2. The minimum atomic E-state index is -0.910. The molecule has 2 aromatic carbocycles. The third-order valence-electron chi connectivity index (χ3n) is 5.32. The van der Waals surface area contributed by atoms with Gasteiger partial charge in [-0.2, -0.15) is 0 Å². The van der Waals surface area contributed by atoms with Gasteiger partial charge in [-0.15, -0.1) is 0 Å². The highest BCUT2D eigenvalue weighted by molar-refractivity contribution is 5.87. The Hall–Kier alpha value is -2.88. The number of carbonyl (C=O) groups excluding carboxylic acids is 1. The number of unbranched alkanes of at least 4 members (excludes halogenated alkanes) is 4. The summed E-state index contributed by atoms with van der Waals surface area (Å²) in [6.45, 7) is 2.91. The van der Waals surface area contributed by atoms with Gasteiger partial charge in [0.15, 0.2) is 0 Å². The molecule has 0 spiro atoms. The molecule has 2 aromatic rings. The van der Waals surface area contributed by atoms with Crippen molar-refractivity contribution in [3.63, 3.8) is 0 Å². The van der Waals surface area contributed by atoms with Crippen LogP contribution in [0.15, 0.2) is 54.6 Å². The monoisotopic (exact) mass is 422 g/mol. The lowest BCUT2D eigenvalue weighted by atomic mass is 9.92. The predicted octanol–water partition coefficient (Wildman–Crippen LogP) is 6.59. The third kappa shape index (κ3) is 9.20. The van der Waals surface area contributed by atoms with Gasteiger partial charge in [-0.05, 0) is 55.4 Å². The zero-order valence-electron chi connectivity index (χ0n) is 18.5. The molecule has 0 aliphatic rings. The SMILES string of the molecule is CCCCCOc1ccccc1/C=C/C(CCCCC=O)Cc1ccc(C(=O)O)cc1. The first-order valence-corrected chi connectivity index (χ1v) is 11.3. The van der Waals surface area contributed by atoms with Crippen LogP contribution in [0.3, 0.4) is 0 Å². The zero-order valence-corrected chi connectivity index (χ0v) is 18.5. The fourth-order valence-corrected chi connectivity index (χ4v) is 3.51. The minimum absolute atomic E-state index is 0.301. The van der Waals surface area contributed by atoms with Crippen molar-refractivity contribution >= 4 is 18.3 Å². The topological polar surface area (TPSA) is 63.6 Å². The van der Waals surface area contributed by atoms with E-state index in [1.165, 1.54) is 12.8 Å². The molecular formula is C27H34O4. The molecule has 1 atom stereocenters. The van der Waals surface area contributed by atoms with Crippen molar-refractivity contribution < 1.29 is 19.4 Å². The van der Waals surface area contributed by atoms with Gasteiger partial charge in [-0.25, -0.2) is 4.79 Å². The number of hydrogen-bond donors (Lipinski definition) is 1. The average Bonchev–Trinajstić information content (AvgIpc) is 2.78. The Morgan fingerprint density at radius 3 is 2.52 bits per heavy atom. The van der Waals surface area contributed by atoms with Crippen LogP contribution in [-0.2, 0) is 11.2 Å². The summed E-state index contributed by atoms with van der Waals surface area (Å²) in [6, 6.07) is 15.2. The molecule has 0 bridgehead atoms. The van der Waals surface area contributed by atoms with Crippen LogP contribution in [0.5, 0.6) is 5.75 Å². The molecule has 0 aliphatic carbocycles. The van der Waals surface area contributed by atoms with Gasteiger partial charge in [-0.3, -0.25) is 0 Å². The van der Waals surface area contributed by atoms with Crippen molar-refractivity contribution in [2.75, 3.05) is 6.61 Å². The van der Waals surface area contributed by atoms with Gasteiger partial charge in [0.2, 0.25) is 0 Å². The molecule has 0 fully saturated rings. The molecule has 4 nitrogen and oxygen atoms in total. The number of carbonyl (C=O) groups is 2. The van der Waals surface area contributed by atoms with Gasteiger partial charge in [0.1, 0.15) is 12.0 Å². The number of ether oxygens (including phenoxy) is 1. The highest BCUT2D eigenvalue weighted by Gasteiger charge is 2.09. The number of carboxylic acid groups (broad SMARTS) is 1. The summed E-state index contributed by atoms with van der Waals surface area (Å²) in [5.41, 5.74) is 2.48. The molecule has 0 aliphatic heterocycles. The molecule has 166 valence electrons. The van der Waals surface area contributed by atoms with Crippen molar-refractivity contribution in [2.24, 2.45) is 5.92 Å². The first kappa shape index (κ1) is 24.4. The van der Waals surface area contributed by atoms with Gasteiger partial charge in [0, 0.05) is 12.0 Å². The number of aldehydes is 1. The average molecular weight is 423 g/mol. The molecule has 0 saturated heterocycles. The maximum absolute atomic E-state index is 11.1. The van der Waals surface area contributed by atoms with Gasteiger partial charge < -0.3 is 14.6 Å². The molecule has 1 N–H and O–H groups in total. The zero-order chi connectivity index (χ0) is 22.3. The van der Waals surface area contributed by atoms with Crippen LogP contribution in [0.1, 0.15) is 73.4 Å². The third-order valence-corrected chi connectivity index (χ3v) is 5.32. The Labute approximate surface area is 186 Å². The molecule has 0 saturated carbocycles. The van der Waals surface area contributed by atoms with E-state index in [2.05, 4.69) is 25.1 Å². The molecule has 0 radical (unpaired) electrons. The summed E-state index contributed by atoms with van der Waals surface area (Å²) in [4.78, 5) is 21.7. The maximum Gasteiger partial charge on any atom is 0.335 e. The summed E-state index contributed by atoms with van der Waals surface area (Å²) in [6.07, 6.45) is 13.0. The predicted molar refractivity (Wildman–Crippen MR) is 126 cm³/mol. The van der Waals surface area contributed by atoms with Crippen LogP contribution < -0.4 is 4.74 Å². The van der Waals surface area contributed by atoms with Crippen molar-refractivity contribution in [1.29, 1.82) is 0 Å². The quantitative estimate of drug-likeness (QED) is 0.260. The number of rotatable bonds is 15. The van der Waals surface area contributed by atoms with Crippen molar-refractivity contribution in [2.45, 2.75) is 58.3 Å². The Morgan fingerprint density at radius 1 is 1.03 bits per heavy atom. The van der Waals surface area contributed by atoms with Crippen LogP contribution in [0.2, 0.25) is 0 Å². The minimum Gasteiger partial charge on any atom is -0.493 e. The van der Waals surface area contributed by atoms with E-state index >= 15 is 0 Å². The second-order valence-corrected chi connectivity index (χ2v) is 7.87. The molecule has 2 rings (SSSR count). The van der Waals surface area contributed by atoms with Crippen molar-refractivity contribution in [3.8, 4) is 5.75 Å². The molecule has 0 heterocycles. The Kier molecular flexibility index (Phi) is 11.2. The molecule has 0 amide bonds. The standard InChI is InChI=1S/C27H34O4/c1-2-3-9-20-31-26-12-7-6-11-24(26)16-13-22(10-5-4-8-19-28)21-23-14-17-25(18-15-23)27(29)30/h6-7,11-19,22H,2-5,8-10,20-21H2,1H3,(H,29,30)/b16-13+. The van der Waals surface area contributed by atoms with Gasteiger partial charge in [0.05, 0.1) is 12.2 Å². The van der Waals surface area contributed by atoms with Gasteiger partial charge in [0.25, 0.3) is 0 Å². The first-order chi connectivity index (χ1) is 15.1. The number of aromatic carboxylic acids is 1. The first-order valence-electron chi connectivity index (χ1n) is 11.3. The fourth-order valence-electron chi connectivity index (χ4n) is 3.51. The van der Waals surface area contributed by atoms with Gasteiger partial charge in [-0.1, -0.05) is 68.7 Å². The Bertz CT molecular complexity index is 823. The molecule has 4 heteroatoms. The van der Waals surface area contributed by atoms with Gasteiger partial charge >= 0.3 is 5.97 Å². The van der Waals surface area contributed by atoms with E-state index in [-0.39, 0.29) is 0 Å². The highest BCUT2D eigenvalue weighted by atomic mass is 16.5. The smallest absolute Gasteiger partial charge is 0.335 e. The maximum atomic E-state index is 11.1. The van der Waals surface area contributed by atoms with E-state index < -0.39 is 5.97 Å². The number of carboxylic acids is 1. The molecular weight excluding hydrogens is 388 g/mol. The van der Waals surface area contributed by atoms with Crippen LogP contribution in [0, 0.1) is 5.92 Å². The van der Waals surface area contributed by atoms with E-state index in [0.717, 1.165) is 61.9 Å². The second-order valence-electron chi connectivity index (χ2n) is 7.87. The normalized spacial score (nSPS) is 12.0. The van der Waals surface area contributed by atoms with E-state index in [1.54, 1.807) is 12.1 Å². The Morgan fingerprint density at radius 2 is 1.81 bits per heavy atom. The second kappa shape index (κ2) is 14.2. The van der Waals surface area contributed by atoms with Crippen molar-refractivity contribution in [3.05, 3.63) is 71.3 Å². The lowest BCUT2D eigenvalue weighted by molar-refractivity contribution is -0.107. The number of allylic oxidation sites excluding steroid dienone is 1. The number of para-hydroxylation sites is 1. The molecule has 0 aromatic heterocycles.